The van der Waals surface area contributed by atoms with E-state index in [2.05, 4.69) is 33.9 Å². The van der Waals surface area contributed by atoms with Gasteiger partial charge in [-0.1, -0.05) is 87.5 Å². The van der Waals surface area contributed by atoms with Gasteiger partial charge in [-0.2, -0.15) is 0 Å². The Morgan fingerprint density at radius 1 is 0.933 bits per heavy atom. The van der Waals surface area contributed by atoms with Gasteiger partial charge in [0.1, 0.15) is 5.75 Å². The van der Waals surface area contributed by atoms with Crippen LogP contribution in [0.5, 0.6) is 5.75 Å². The molecule has 0 spiro atoms. The fourth-order valence-electron chi connectivity index (χ4n) is 2.87. The molecule has 30 heavy (non-hydrogen) atoms. The second-order valence-corrected chi connectivity index (χ2v) is 13.8. The smallest absolute Gasteiger partial charge is 0.192 e. The number of allylic oxidation sites excluding steroid dienone is 2. The molecule has 0 fully saturated rings. The SMILES string of the molecule is COc1ccc([C@@H](O)[C@H](/C=C\C=C\CO[Si](C)(C)C(C)(C)C)c2ccccc2)cc1. The quantitative estimate of drug-likeness (QED) is 0.362. The second-order valence-electron chi connectivity index (χ2n) is 9.04. The third-order valence-electron chi connectivity index (χ3n) is 5.89. The first-order valence-corrected chi connectivity index (χ1v) is 13.4. The zero-order chi connectivity index (χ0) is 22.2. The number of methoxy groups -OCH3 is 1. The third kappa shape index (κ3) is 6.69. The summed E-state index contributed by atoms with van der Waals surface area (Å²) in [6.45, 7) is 11.9. The Morgan fingerprint density at radius 2 is 1.57 bits per heavy atom. The van der Waals surface area contributed by atoms with E-state index in [0.29, 0.717) is 6.61 Å². The Bertz CT molecular complexity index is 818. The van der Waals surface area contributed by atoms with Crippen LogP contribution in [0.15, 0.2) is 78.9 Å². The van der Waals surface area contributed by atoms with Gasteiger partial charge in [0.15, 0.2) is 8.32 Å². The van der Waals surface area contributed by atoms with Crippen LogP contribution >= 0.6 is 0 Å². The lowest BCUT2D eigenvalue weighted by Crippen LogP contribution is -2.40. The van der Waals surface area contributed by atoms with E-state index in [1.807, 2.05) is 78.9 Å². The zero-order valence-corrected chi connectivity index (χ0v) is 20.1. The van der Waals surface area contributed by atoms with Crippen molar-refractivity contribution < 1.29 is 14.3 Å². The molecule has 2 aromatic rings. The van der Waals surface area contributed by atoms with Gasteiger partial charge >= 0.3 is 0 Å². The van der Waals surface area contributed by atoms with E-state index in [1.165, 1.54) is 0 Å². The second kappa shape index (κ2) is 10.8. The molecule has 0 bridgehead atoms. The Labute approximate surface area is 183 Å². The summed E-state index contributed by atoms with van der Waals surface area (Å²) in [4.78, 5) is 0. The molecule has 3 nitrogen and oxygen atoms in total. The van der Waals surface area contributed by atoms with Gasteiger partial charge in [-0.3, -0.25) is 0 Å². The molecular weight excluding hydrogens is 388 g/mol. The Kier molecular flexibility index (Phi) is 8.65. The van der Waals surface area contributed by atoms with Crippen molar-refractivity contribution in [3.8, 4) is 5.75 Å². The molecular formula is C26H36O3Si. The summed E-state index contributed by atoms with van der Waals surface area (Å²) in [5.41, 5.74) is 1.93. The summed E-state index contributed by atoms with van der Waals surface area (Å²) in [5, 5.41) is 11.3. The zero-order valence-electron chi connectivity index (χ0n) is 19.1. The lowest BCUT2D eigenvalue weighted by Gasteiger charge is -2.35. The number of aliphatic hydroxyl groups is 1. The lowest BCUT2D eigenvalue weighted by molar-refractivity contribution is 0.161. The van der Waals surface area contributed by atoms with Gasteiger partial charge in [0.2, 0.25) is 0 Å². The number of ether oxygens (including phenoxy) is 1. The highest BCUT2D eigenvalue weighted by molar-refractivity contribution is 6.74. The summed E-state index contributed by atoms with van der Waals surface area (Å²) in [6.07, 6.45) is 7.45. The number of hydrogen-bond acceptors (Lipinski definition) is 3. The lowest BCUT2D eigenvalue weighted by atomic mass is 9.88. The van der Waals surface area contributed by atoms with Crippen molar-refractivity contribution in [2.75, 3.05) is 13.7 Å². The molecule has 0 aliphatic carbocycles. The van der Waals surface area contributed by atoms with Crippen molar-refractivity contribution in [3.63, 3.8) is 0 Å². The molecule has 1 N–H and O–H groups in total. The average molecular weight is 425 g/mol. The molecule has 2 rings (SSSR count). The summed E-state index contributed by atoms with van der Waals surface area (Å²) in [5.74, 6) is 0.632. The van der Waals surface area contributed by atoms with E-state index in [4.69, 9.17) is 9.16 Å². The van der Waals surface area contributed by atoms with Crippen molar-refractivity contribution >= 4 is 8.32 Å². The first-order valence-electron chi connectivity index (χ1n) is 10.5. The van der Waals surface area contributed by atoms with Crippen molar-refractivity contribution in [2.24, 2.45) is 0 Å². The minimum Gasteiger partial charge on any atom is -0.497 e. The largest absolute Gasteiger partial charge is 0.497 e. The first-order chi connectivity index (χ1) is 14.2. The van der Waals surface area contributed by atoms with Crippen molar-refractivity contribution in [3.05, 3.63) is 90.0 Å². The summed E-state index contributed by atoms with van der Waals surface area (Å²) < 4.78 is 11.4. The molecule has 0 unspecified atom stereocenters. The molecule has 0 saturated carbocycles. The van der Waals surface area contributed by atoms with Crippen LogP contribution in [-0.2, 0) is 4.43 Å². The summed E-state index contributed by atoms with van der Waals surface area (Å²) in [6, 6.07) is 17.7. The Hall–Kier alpha value is -2.14. The summed E-state index contributed by atoms with van der Waals surface area (Å²) >= 11 is 0. The highest BCUT2D eigenvalue weighted by Gasteiger charge is 2.36. The molecule has 0 aliphatic rings. The predicted octanol–water partition coefficient (Wildman–Crippen LogP) is 6.65. The molecule has 2 atom stereocenters. The van der Waals surface area contributed by atoms with Crippen LogP contribution in [0.3, 0.4) is 0 Å². The first kappa shape index (κ1) is 24.1. The van der Waals surface area contributed by atoms with E-state index >= 15 is 0 Å². The molecule has 0 aromatic heterocycles. The van der Waals surface area contributed by atoms with Gasteiger partial charge in [0, 0.05) is 5.92 Å². The van der Waals surface area contributed by atoms with Crippen LogP contribution in [0, 0.1) is 0 Å². The van der Waals surface area contributed by atoms with Gasteiger partial charge < -0.3 is 14.3 Å². The maximum absolute atomic E-state index is 11.1. The third-order valence-corrected chi connectivity index (χ3v) is 10.4. The minimum absolute atomic E-state index is 0.148. The molecule has 162 valence electrons. The minimum atomic E-state index is -1.74. The van der Waals surface area contributed by atoms with E-state index in [1.54, 1.807) is 7.11 Å². The number of rotatable bonds is 9. The Morgan fingerprint density at radius 3 is 2.13 bits per heavy atom. The maximum Gasteiger partial charge on any atom is 0.192 e. The highest BCUT2D eigenvalue weighted by atomic mass is 28.4. The van der Waals surface area contributed by atoms with Gasteiger partial charge in [0.25, 0.3) is 0 Å². The Balaban J connectivity index is 2.10. The van der Waals surface area contributed by atoms with Gasteiger partial charge in [-0.05, 0) is 41.4 Å². The van der Waals surface area contributed by atoms with Gasteiger partial charge in [0.05, 0.1) is 19.8 Å². The van der Waals surface area contributed by atoms with Crippen LogP contribution in [0.2, 0.25) is 18.1 Å². The highest BCUT2D eigenvalue weighted by Crippen LogP contribution is 2.36. The normalized spacial score (nSPS) is 14.9. The van der Waals surface area contributed by atoms with E-state index in [-0.39, 0.29) is 11.0 Å². The number of aliphatic hydroxyl groups excluding tert-OH is 1. The van der Waals surface area contributed by atoms with E-state index in [9.17, 15) is 5.11 Å². The molecule has 0 radical (unpaired) electrons. The van der Waals surface area contributed by atoms with Crippen LogP contribution in [0.1, 0.15) is 43.9 Å². The molecule has 2 aromatic carbocycles. The number of benzene rings is 2. The maximum atomic E-state index is 11.1. The van der Waals surface area contributed by atoms with Crippen LogP contribution in [0.25, 0.3) is 0 Å². The van der Waals surface area contributed by atoms with Crippen molar-refractivity contribution in [2.45, 2.75) is 50.9 Å². The fraction of sp³-hybridized carbons (Fsp3) is 0.385. The van der Waals surface area contributed by atoms with Gasteiger partial charge in [-0.25, -0.2) is 0 Å². The number of hydrogen-bond donors (Lipinski definition) is 1. The van der Waals surface area contributed by atoms with E-state index < -0.39 is 14.4 Å². The molecule has 0 heterocycles. The molecule has 0 saturated heterocycles. The van der Waals surface area contributed by atoms with Crippen molar-refractivity contribution in [1.29, 1.82) is 0 Å². The topological polar surface area (TPSA) is 38.7 Å². The van der Waals surface area contributed by atoms with E-state index in [0.717, 1.165) is 16.9 Å². The van der Waals surface area contributed by atoms with Gasteiger partial charge in [-0.15, -0.1) is 0 Å². The molecule has 4 heteroatoms. The van der Waals surface area contributed by atoms with Crippen LogP contribution < -0.4 is 4.74 Å². The molecule has 0 amide bonds. The average Bonchev–Trinajstić information content (AvgIpc) is 2.72. The monoisotopic (exact) mass is 424 g/mol. The fourth-order valence-corrected chi connectivity index (χ4v) is 3.82. The van der Waals surface area contributed by atoms with Crippen molar-refractivity contribution in [1.82, 2.24) is 0 Å². The standard InChI is InChI=1S/C26H36O3Si/c1-26(2,3)30(5,6)29-20-12-8-11-15-24(21-13-9-7-10-14-21)25(27)22-16-18-23(28-4)19-17-22/h7-19,24-25,27H,20H2,1-6H3/b12-8+,15-11-/t24-,25-/m1/s1. The summed E-state index contributed by atoms with van der Waals surface area (Å²) in [7, 11) is -0.0940. The van der Waals surface area contributed by atoms with Crippen LogP contribution in [-0.4, -0.2) is 27.1 Å². The predicted molar refractivity (Wildman–Crippen MR) is 129 cm³/mol. The van der Waals surface area contributed by atoms with Crippen LogP contribution in [0.4, 0.5) is 0 Å². The molecule has 0 aliphatic heterocycles.